The Balaban J connectivity index is 1.63. The second-order valence-corrected chi connectivity index (χ2v) is 12.4. The van der Waals surface area contributed by atoms with E-state index in [-0.39, 0.29) is 0 Å². The largest absolute Gasteiger partial charge is 0.444 e. The van der Waals surface area contributed by atoms with Crippen molar-refractivity contribution in [2.24, 2.45) is 0 Å². The average Bonchev–Trinajstić information content (AvgIpc) is 3.36. The minimum absolute atomic E-state index is 0.496. The molecule has 0 aromatic carbocycles. The molecule has 0 spiro atoms. The summed E-state index contributed by atoms with van der Waals surface area (Å²) in [5.41, 5.74) is -1.15. The molecule has 5 aliphatic rings. The first-order valence-corrected chi connectivity index (χ1v) is 11.1. The molecule has 0 aromatic heterocycles. The Hall–Kier alpha value is -0.0200. The number of ether oxygens (including phenoxy) is 3. The molecule has 2 amide bonds. The van der Waals surface area contributed by atoms with Crippen molar-refractivity contribution in [3.05, 3.63) is 12.2 Å². The first-order chi connectivity index (χ1) is 13.4. The zero-order chi connectivity index (χ0) is 21.2. The summed E-state index contributed by atoms with van der Waals surface area (Å²) in [6.45, 7) is -0.992. The molecular formula is C16H16Cl6N2O5. The Kier molecular flexibility index (Phi) is 5.55. The van der Waals surface area contributed by atoms with Gasteiger partial charge in [0.05, 0.1) is 0 Å². The van der Waals surface area contributed by atoms with E-state index in [4.69, 9.17) is 83.8 Å². The molecule has 29 heavy (non-hydrogen) atoms. The molecular weight excluding hydrogens is 513 g/mol. The quantitative estimate of drug-likeness (QED) is 0.289. The fourth-order valence-corrected chi connectivity index (χ4v) is 5.01. The van der Waals surface area contributed by atoms with Gasteiger partial charge in [0.15, 0.2) is 0 Å². The van der Waals surface area contributed by atoms with Gasteiger partial charge in [0, 0.05) is 0 Å². The molecule has 3 aliphatic heterocycles. The van der Waals surface area contributed by atoms with Gasteiger partial charge in [0.1, 0.15) is 36.5 Å². The van der Waals surface area contributed by atoms with Gasteiger partial charge < -0.3 is 14.2 Å². The summed E-state index contributed by atoms with van der Waals surface area (Å²) in [5, 5.41) is 2.30. The Morgan fingerprint density at radius 3 is 1.59 bits per heavy atom. The smallest absolute Gasteiger partial charge is 0.429 e. The molecule has 13 heteroatoms. The molecule has 0 unspecified atom stereocenters. The molecule has 0 aromatic rings. The third kappa shape index (κ3) is 3.75. The molecule has 3 fully saturated rings. The zero-order valence-electron chi connectivity index (χ0n) is 14.8. The SMILES string of the molecule is O=C(OCC(Cl)(Cl)Cl)N1[C@H]2C=C[C@H](N1C(=O)OCC(Cl)(Cl)Cl)[C@]13CCCC[C@]21O3. The Bertz CT molecular complexity index is 695. The number of nitrogens with zero attached hydrogens (tertiary/aromatic N) is 2. The summed E-state index contributed by atoms with van der Waals surface area (Å²) in [5.74, 6) is 0. The van der Waals surface area contributed by atoms with E-state index in [0.29, 0.717) is 0 Å². The van der Waals surface area contributed by atoms with Crippen LogP contribution < -0.4 is 0 Å². The number of alkyl halides is 6. The number of amides is 2. The van der Waals surface area contributed by atoms with Crippen LogP contribution in [-0.4, -0.2) is 66.3 Å². The van der Waals surface area contributed by atoms with Crippen molar-refractivity contribution in [2.75, 3.05) is 13.2 Å². The van der Waals surface area contributed by atoms with Crippen molar-refractivity contribution in [3.63, 3.8) is 0 Å². The molecule has 0 radical (unpaired) electrons. The summed E-state index contributed by atoms with van der Waals surface area (Å²) in [4.78, 5) is 25.8. The predicted octanol–water partition coefficient (Wildman–Crippen LogP) is 4.92. The monoisotopic (exact) mass is 526 g/mol. The molecule has 2 saturated heterocycles. The first kappa shape index (κ1) is 22.2. The Morgan fingerprint density at radius 1 is 0.862 bits per heavy atom. The summed E-state index contributed by atoms with van der Waals surface area (Å²) >= 11 is 34.1. The van der Waals surface area contributed by atoms with Gasteiger partial charge in [-0.1, -0.05) is 94.6 Å². The molecule has 0 N–H and O–H groups in total. The van der Waals surface area contributed by atoms with Gasteiger partial charge in [-0.25, -0.2) is 19.6 Å². The van der Waals surface area contributed by atoms with Crippen LogP contribution >= 0.6 is 69.6 Å². The van der Waals surface area contributed by atoms with Gasteiger partial charge in [-0.05, 0) is 12.8 Å². The van der Waals surface area contributed by atoms with E-state index in [0.717, 1.165) is 35.7 Å². The van der Waals surface area contributed by atoms with Crippen LogP contribution in [0.15, 0.2) is 12.2 Å². The number of hydrogen-bond donors (Lipinski definition) is 0. The standard InChI is InChI=1S/C16H16Cl6N2O5/c17-15(18,19)7-27-11(25)23-9-3-4-10(14-6-2-1-5-13(9,14)29-14)24(23)12(26)28-8-16(20,21)22/h3-4,9-10H,1-2,5-8H2/t9-,10-,13-,14+/m0/s1. The van der Waals surface area contributed by atoms with Crippen molar-refractivity contribution < 1.29 is 23.8 Å². The highest BCUT2D eigenvalue weighted by molar-refractivity contribution is 6.68. The predicted molar refractivity (Wildman–Crippen MR) is 109 cm³/mol. The number of carbonyl (C=O) groups is 2. The van der Waals surface area contributed by atoms with Crippen molar-refractivity contribution in [3.8, 4) is 0 Å². The van der Waals surface area contributed by atoms with E-state index < -0.39 is 56.3 Å². The molecule has 162 valence electrons. The lowest BCUT2D eigenvalue weighted by atomic mass is 9.67. The maximum Gasteiger partial charge on any atom is 0.429 e. The topological polar surface area (TPSA) is 71.6 Å². The molecule has 1 saturated carbocycles. The molecule has 5 rings (SSSR count). The van der Waals surface area contributed by atoms with Crippen LogP contribution in [0.2, 0.25) is 0 Å². The number of hydrogen-bond acceptors (Lipinski definition) is 5. The summed E-state index contributed by atoms with van der Waals surface area (Å²) in [6.07, 6.45) is 5.33. The highest BCUT2D eigenvalue weighted by Crippen LogP contribution is 2.67. The molecule has 2 aliphatic carbocycles. The summed E-state index contributed by atoms with van der Waals surface area (Å²) < 4.78 is 12.9. The van der Waals surface area contributed by atoms with Crippen molar-refractivity contribution in [1.29, 1.82) is 0 Å². The van der Waals surface area contributed by atoms with Crippen molar-refractivity contribution in [1.82, 2.24) is 10.0 Å². The number of halogens is 6. The number of fused-ring (bicyclic) bond motifs is 1. The second kappa shape index (κ2) is 7.26. The lowest BCUT2D eigenvalue weighted by Crippen LogP contribution is -2.73. The van der Waals surface area contributed by atoms with Crippen molar-refractivity contribution in [2.45, 2.75) is 56.6 Å². The normalized spacial score (nSPS) is 35.1. The first-order valence-electron chi connectivity index (χ1n) is 8.84. The fourth-order valence-electron chi connectivity index (χ4n) is 4.69. The van der Waals surface area contributed by atoms with E-state index in [9.17, 15) is 9.59 Å². The highest BCUT2D eigenvalue weighted by atomic mass is 35.6. The highest BCUT2D eigenvalue weighted by Gasteiger charge is 2.83. The maximum absolute atomic E-state index is 12.9. The van der Waals surface area contributed by atoms with Gasteiger partial charge in [-0.2, -0.15) is 0 Å². The van der Waals surface area contributed by atoms with Gasteiger partial charge in [0.25, 0.3) is 0 Å². The maximum atomic E-state index is 12.9. The lowest BCUT2D eigenvalue weighted by Gasteiger charge is -2.53. The number of hydrazine groups is 1. The summed E-state index contributed by atoms with van der Waals surface area (Å²) in [6, 6.07) is -1.15. The van der Waals surface area contributed by atoms with E-state index in [1.807, 2.05) is 12.2 Å². The average molecular weight is 529 g/mol. The third-order valence-electron chi connectivity index (χ3n) is 5.67. The third-order valence-corrected chi connectivity index (χ3v) is 6.32. The minimum Gasteiger partial charge on any atom is -0.444 e. The number of carbonyl (C=O) groups excluding carboxylic acids is 2. The van der Waals surface area contributed by atoms with Crippen molar-refractivity contribution >= 4 is 81.8 Å². The van der Waals surface area contributed by atoms with Crippen LogP contribution in [0.4, 0.5) is 9.59 Å². The van der Waals surface area contributed by atoms with Gasteiger partial charge in [-0.15, -0.1) is 0 Å². The van der Waals surface area contributed by atoms with Crippen LogP contribution in [0.25, 0.3) is 0 Å². The molecule has 3 heterocycles. The van der Waals surface area contributed by atoms with Crippen LogP contribution in [0.5, 0.6) is 0 Å². The van der Waals surface area contributed by atoms with E-state index in [1.165, 1.54) is 0 Å². The number of rotatable bonds is 2. The van der Waals surface area contributed by atoms with Gasteiger partial charge in [0.2, 0.25) is 7.59 Å². The van der Waals surface area contributed by atoms with E-state index in [2.05, 4.69) is 0 Å². The molecule has 2 bridgehead atoms. The second-order valence-electron chi connectivity index (χ2n) is 7.39. The van der Waals surface area contributed by atoms with E-state index >= 15 is 0 Å². The molecule has 4 atom stereocenters. The van der Waals surface area contributed by atoms with Crippen LogP contribution in [0.3, 0.4) is 0 Å². The lowest BCUT2D eigenvalue weighted by molar-refractivity contribution is -0.0973. The van der Waals surface area contributed by atoms with Crippen LogP contribution in [-0.2, 0) is 14.2 Å². The van der Waals surface area contributed by atoms with E-state index in [1.54, 1.807) is 0 Å². The van der Waals surface area contributed by atoms with Crippen LogP contribution in [0, 0.1) is 0 Å². The Morgan fingerprint density at radius 2 is 1.24 bits per heavy atom. The summed E-state index contributed by atoms with van der Waals surface area (Å²) in [7, 11) is 0. The molecule has 7 nitrogen and oxygen atoms in total. The zero-order valence-corrected chi connectivity index (χ0v) is 19.3. The number of epoxide rings is 1. The Labute approximate surface area is 196 Å². The fraction of sp³-hybridized carbons (Fsp3) is 0.750. The van der Waals surface area contributed by atoms with Gasteiger partial charge >= 0.3 is 12.2 Å². The van der Waals surface area contributed by atoms with Gasteiger partial charge in [-0.3, -0.25) is 0 Å². The van der Waals surface area contributed by atoms with Crippen LogP contribution in [0.1, 0.15) is 25.7 Å². The minimum atomic E-state index is -1.80.